The molecule has 3 rings (SSSR count). The summed E-state index contributed by atoms with van der Waals surface area (Å²) in [6.45, 7) is 9.28. The lowest BCUT2D eigenvalue weighted by molar-refractivity contribution is 0.0697. The maximum absolute atomic E-state index is 11.1. The average molecular weight is 365 g/mol. The predicted octanol–water partition coefficient (Wildman–Crippen LogP) is 4.82. The lowest BCUT2D eigenvalue weighted by atomic mass is 9.63. The second-order valence-corrected chi connectivity index (χ2v) is 8.64. The molecule has 0 bridgehead atoms. The summed E-state index contributed by atoms with van der Waals surface area (Å²) >= 11 is 0. The van der Waals surface area contributed by atoms with Crippen molar-refractivity contribution in [3.05, 3.63) is 59.2 Å². The lowest BCUT2D eigenvalue weighted by Crippen LogP contribution is -2.34. The molecule has 4 nitrogen and oxygen atoms in total. The van der Waals surface area contributed by atoms with Gasteiger partial charge in [-0.2, -0.15) is 4.58 Å². The van der Waals surface area contributed by atoms with Crippen molar-refractivity contribution in [2.45, 2.75) is 51.4 Å². The summed E-state index contributed by atoms with van der Waals surface area (Å²) in [5.74, 6) is -0.913. The van der Waals surface area contributed by atoms with Gasteiger partial charge in [0.15, 0.2) is 0 Å². The number of benzene rings is 2. The van der Waals surface area contributed by atoms with E-state index in [2.05, 4.69) is 55.8 Å². The molecule has 142 valence electrons. The van der Waals surface area contributed by atoms with Gasteiger partial charge in [-0.1, -0.05) is 33.8 Å². The quantitative estimate of drug-likeness (QED) is 0.464. The van der Waals surface area contributed by atoms with E-state index in [4.69, 9.17) is 5.11 Å². The van der Waals surface area contributed by atoms with Crippen molar-refractivity contribution in [1.82, 2.24) is 9.89 Å². The molecular formula is C23H29N2O2+. The largest absolute Gasteiger partial charge is 0.478 e. The van der Waals surface area contributed by atoms with Crippen LogP contribution in [0.4, 0.5) is 11.4 Å². The van der Waals surface area contributed by atoms with Gasteiger partial charge in [-0.05, 0) is 71.2 Å². The Balaban J connectivity index is 2.10. The molecule has 1 aliphatic rings. The third-order valence-corrected chi connectivity index (χ3v) is 5.77. The third kappa shape index (κ3) is 3.61. The molecule has 0 atom stereocenters. The Hall–Kier alpha value is -2.62. The van der Waals surface area contributed by atoms with Crippen molar-refractivity contribution in [2.75, 3.05) is 7.05 Å². The fourth-order valence-electron chi connectivity index (χ4n) is 3.92. The van der Waals surface area contributed by atoms with Crippen LogP contribution in [0.15, 0.2) is 42.5 Å². The smallest absolute Gasteiger partial charge is 0.335 e. The van der Waals surface area contributed by atoms with Crippen molar-refractivity contribution in [1.29, 1.82) is 0 Å². The first-order valence-electron chi connectivity index (χ1n) is 9.44. The van der Waals surface area contributed by atoms with Crippen LogP contribution in [0.5, 0.6) is 0 Å². The van der Waals surface area contributed by atoms with Gasteiger partial charge in [0.05, 0.1) is 12.6 Å². The topological polar surface area (TPSA) is 52.3 Å². The number of hydrogen-bond donors (Lipinski definition) is 2. The van der Waals surface area contributed by atoms with E-state index >= 15 is 0 Å². The molecule has 0 radical (unpaired) electrons. The second-order valence-electron chi connectivity index (χ2n) is 8.64. The van der Waals surface area contributed by atoms with E-state index in [1.54, 1.807) is 12.1 Å². The number of aromatic carboxylic acids is 1. The molecule has 0 saturated carbocycles. The average Bonchev–Trinajstić information content (AvgIpc) is 2.63. The molecule has 0 unspecified atom stereocenters. The molecule has 2 aromatic rings. The second kappa shape index (κ2) is 6.84. The van der Waals surface area contributed by atoms with Crippen LogP contribution in [-0.2, 0) is 10.8 Å². The van der Waals surface area contributed by atoms with E-state index in [9.17, 15) is 4.79 Å². The van der Waals surface area contributed by atoms with Crippen molar-refractivity contribution in [2.24, 2.45) is 0 Å². The van der Waals surface area contributed by atoms with Crippen molar-refractivity contribution < 1.29 is 9.90 Å². The Morgan fingerprint density at radius 3 is 2.07 bits per heavy atom. The molecular weight excluding hydrogens is 336 g/mol. The number of fused-ring (bicyclic) bond motifs is 1. The number of carboxylic acid groups (broad SMARTS) is 1. The van der Waals surface area contributed by atoms with Crippen molar-refractivity contribution in [3.63, 3.8) is 0 Å². The van der Waals surface area contributed by atoms with E-state index < -0.39 is 5.97 Å². The van der Waals surface area contributed by atoms with Gasteiger partial charge in [-0.25, -0.2) is 4.79 Å². The fourth-order valence-corrected chi connectivity index (χ4v) is 3.92. The van der Waals surface area contributed by atoms with Crippen LogP contribution in [0.2, 0.25) is 0 Å². The lowest BCUT2D eigenvalue weighted by Gasteiger charge is -2.41. The first-order valence-corrected chi connectivity index (χ1v) is 9.44. The molecule has 2 N–H and O–H groups in total. The minimum Gasteiger partial charge on any atom is -0.478 e. The summed E-state index contributed by atoms with van der Waals surface area (Å²) in [5, 5.41) is 12.2. The van der Waals surface area contributed by atoms with Crippen LogP contribution in [0, 0.1) is 0 Å². The van der Waals surface area contributed by atoms with Gasteiger partial charge >= 0.3 is 5.97 Å². The van der Waals surface area contributed by atoms with Crippen LogP contribution < -0.4 is 9.89 Å². The van der Waals surface area contributed by atoms with E-state index in [1.807, 2.05) is 25.5 Å². The summed E-state index contributed by atoms with van der Waals surface area (Å²) in [5.41, 5.74) is 5.42. The normalized spacial score (nSPS) is 17.9. The molecule has 0 heterocycles. The van der Waals surface area contributed by atoms with Gasteiger partial charge in [-0.3, -0.25) is 5.32 Å². The van der Waals surface area contributed by atoms with Gasteiger partial charge in [0, 0.05) is 0 Å². The minimum atomic E-state index is -0.913. The fraction of sp³-hybridized carbons (Fsp3) is 0.391. The molecule has 0 spiro atoms. The Labute approximate surface area is 161 Å². The molecule has 2 aromatic carbocycles. The van der Waals surface area contributed by atoms with E-state index in [-0.39, 0.29) is 16.4 Å². The molecule has 4 heteroatoms. The van der Waals surface area contributed by atoms with Crippen LogP contribution >= 0.6 is 0 Å². The van der Waals surface area contributed by atoms with Crippen LogP contribution in [0.1, 0.15) is 62.0 Å². The first kappa shape index (κ1) is 19.2. The summed E-state index contributed by atoms with van der Waals surface area (Å²) in [4.78, 5) is 11.1. The zero-order chi connectivity index (χ0) is 19.8. The summed E-state index contributed by atoms with van der Waals surface area (Å²) in [6, 6.07) is 13.7. The molecule has 1 aliphatic carbocycles. The first-order chi connectivity index (χ1) is 12.7. The molecule has 0 aromatic heterocycles. The highest BCUT2D eigenvalue weighted by atomic mass is 16.4. The standard InChI is InChI=1S/C23H28N2O2/c1-22(2)12-13-23(3,4)20-14-18(10-11-19(20)22)25(15-24-5)17-8-6-16(7-9-17)21(26)27/h6-11,14-15H,12-13H2,1-5H3,(H,26,27)/p+1. The number of nitrogens with one attached hydrogen (secondary N) is 1. The van der Waals surface area contributed by atoms with Gasteiger partial charge in [0.2, 0.25) is 6.34 Å². The number of carboxylic acids is 1. The molecule has 0 saturated heterocycles. The summed E-state index contributed by atoms with van der Waals surface area (Å²) < 4.78 is 2.06. The third-order valence-electron chi connectivity index (χ3n) is 5.77. The molecule has 0 aliphatic heterocycles. The van der Waals surface area contributed by atoms with E-state index in [0.29, 0.717) is 0 Å². The molecule has 0 amide bonds. The van der Waals surface area contributed by atoms with Crippen LogP contribution in [-0.4, -0.2) is 24.5 Å². The maximum Gasteiger partial charge on any atom is 0.335 e. The van der Waals surface area contributed by atoms with Crippen LogP contribution in [0.25, 0.3) is 0 Å². The monoisotopic (exact) mass is 365 g/mol. The number of hydrogen-bond acceptors (Lipinski definition) is 1. The van der Waals surface area contributed by atoms with Crippen molar-refractivity contribution >= 4 is 23.7 Å². The van der Waals surface area contributed by atoms with Crippen LogP contribution in [0.3, 0.4) is 0 Å². The van der Waals surface area contributed by atoms with Gasteiger partial charge < -0.3 is 5.11 Å². The Morgan fingerprint density at radius 2 is 1.52 bits per heavy atom. The predicted molar refractivity (Wildman–Crippen MR) is 112 cm³/mol. The highest BCUT2D eigenvalue weighted by Gasteiger charge is 2.37. The number of rotatable bonds is 4. The number of nitrogens with zero attached hydrogens (tertiary/aromatic N) is 1. The number of carbonyl (C=O) groups is 1. The zero-order valence-electron chi connectivity index (χ0n) is 16.8. The summed E-state index contributed by atoms with van der Waals surface area (Å²) in [6.07, 6.45) is 4.26. The van der Waals surface area contributed by atoms with Gasteiger partial charge in [0.25, 0.3) is 0 Å². The Kier molecular flexibility index (Phi) is 4.85. The van der Waals surface area contributed by atoms with Gasteiger partial charge in [-0.15, -0.1) is 0 Å². The maximum atomic E-state index is 11.1. The Bertz CT molecular complexity index is 893. The molecule has 27 heavy (non-hydrogen) atoms. The van der Waals surface area contributed by atoms with E-state index in [1.165, 1.54) is 24.0 Å². The minimum absolute atomic E-state index is 0.138. The molecule has 0 fully saturated rings. The van der Waals surface area contributed by atoms with Gasteiger partial charge in [0.1, 0.15) is 11.4 Å². The SMILES string of the molecule is CNC=[N+](c1ccc(C(=O)O)cc1)c1ccc2c(c1)C(C)(C)CCC2(C)C. The Morgan fingerprint density at radius 1 is 0.963 bits per heavy atom. The highest BCUT2D eigenvalue weighted by molar-refractivity contribution is 5.88. The van der Waals surface area contributed by atoms with E-state index in [0.717, 1.165) is 11.4 Å². The zero-order valence-corrected chi connectivity index (χ0v) is 16.8. The highest BCUT2D eigenvalue weighted by Crippen LogP contribution is 2.46. The summed E-state index contributed by atoms with van der Waals surface area (Å²) in [7, 11) is 1.87. The van der Waals surface area contributed by atoms with Crippen molar-refractivity contribution in [3.8, 4) is 0 Å².